The lowest BCUT2D eigenvalue weighted by molar-refractivity contribution is -0.347. The summed E-state index contributed by atoms with van der Waals surface area (Å²) < 4.78 is 93.0. The average molecular weight is 567 g/mol. The molecule has 0 radical (unpaired) electrons. The first-order valence-electron chi connectivity index (χ1n) is 13.1. The fourth-order valence-electron chi connectivity index (χ4n) is 5.24. The number of hydrogen-bond donors (Lipinski definition) is 1. The Morgan fingerprint density at radius 1 is 0.725 bits per heavy atom. The standard InChI is InChI=1S/C32H33F7O/c1-6-22-9-10-24(19-28(22)33)27-14-13-26(18-21(27)5)29(7-2,8-3)25-12-11-23(20(4)17-25)15-16-30(40,31(34,35)36)32(37,38)39/h9-19,40H,6-8H2,1-5H3. The predicted octanol–water partition coefficient (Wildman–Crippen LogP) is 9.65. The van der Waals surface area contributed by atoms with Gasteiger partial charge in [-0.05, 0) is 89.8 Å². The molecule has 0 fully saturated rings. The second kappa shape index (κ2) is 11.4. The van der Waals surface area contributed by atoms with Gasteiger partial charge >= 0.3 is 12.4 Å². The molecule has 0 unspecified atom stereocenters. The van der Waals surface area contributed by atoms with Gasteiger partial charge in [-0.25, -0.2) is 4.39 Å². The second-order valence-electron chi connectivity index (χ2n) is 10.1. The van der Waals surface area contributed by atoms with Crippen molar-refractivity contribution in [2.45, 2.75) is 77.2 Å². The van der Waals surface area contributed by atoms with Crippen molar-refractivity contribution < 1.29 is 35.8 Å². The van der Waals surface area contributed by atoms with Crippen LogP contribution in [0, 0.1) is 19.7 Å². The van der Waals surface area contributed by atoms with Crippen molar-refractivity contribution in [1.29, 1.82) is 0 Å². The summed E-state index contributed by atoms with van der Waals surface area (Å²) in [5.74, 6) is -0.256. The zero-order chi connectivity index (χ0) is 30.1. The van der Waals surface area contributed by atoms with Gasteiger partial charge in [0.25, 0.3) is 5.60 Å². The topological polar surface area (TPSA) is 20.2 Å². The maximum absolute atomic E-state index is 14.4. The Kier molecular flexibility index (Phi) is 8.94. The van der Waals surface area contributed by atoms with E-state index < -0.39 is 23.4 Å². The minimum atomic E-state index is -5.93. The van der Waals surface area contributed by atoms with E-state index in [1.54, 1.807) is 25.1 Å². The summed E-state index contributed by atoms with van der Waals surface area (Å²) in [6.45, 7) is 9.47. The molecule has 8 heteroatoms. The minimum absolute atomic E-state index is 0.126. The molecule has 40 heavy (non-hydrogen) atoms. The van der Waals surface area contributed by atoms with E-state index >= 15 is 0 Å². The van der Waals surface area contributed by atoms with E-state index in [2.05, 4.69) is 0 Å². The van der Waals surface area contributed by atoms with Crippen molar-refractivity contribution in [3.05, 3.63) is 99.9 Å². The third-order valence-electron chi connectivity index (χ3n) is 7.92. The monoisotopic (exact) mass is 566 g/mol. The van der Waals surface area contributed by atoms with Crippen molar-refractivity contribution in [2.24, 2.45) is 0 Å². The lowest BCUT2D eigenvalue weighted by atomic mass is 9.69. The van der Waals surface area contributed by atoms with Crippen LogP contribution in [0.4, 0.5) is 30.7 Å². The summed E-state index contributed by atoms with van der Waals surface area (Å²) in [6.07, 6.45) is -9.50. The third-order valence-corrected chi connectivity index (χ3v) is 7.92. The molecule has 0 saturated carbocycles. The first kappa shape index (κ1) is 31.4. The highest BCUT2D eigenvalue weighted by Gasteiger charge is 2.68. The summed E-state index contributed by atoms with van der Waals surface area (Å²) in [6, 6.07) is 16.1. The fourth-order valence-corrected chi connectivity index (χ4v) is 5.24. The lowest BCUT2D eigenvalue weighted by Crippen LogP contribution is -2.55. The van der Waals surface area contributed by atoms with Crippen molar-refractivity contribution in [1.82, 2.24) is 0 Å². The van der Waals surface area contributed by atoms with E-state index in [1.807, 2.05) is 52.0 Å². The van der Waals surface area contributed by atoms with Crippen LogP contribution in [0.5, 0.6) is 0 Å². The van der Waals surface area contributed by atoms with Crippen LogP contribution in [0.1, 0.15) is 67.0 Å². The van der Waals surface area contributed by atoms with Crippen molar-refractivity contribution in [2.75, 3.05) is 0 Å². The van der Waals surface area contributed by atoms with E-state index in [9.17, 15) is 35.8 Å². The van der Waals surface area contributed by atoms with Gasteiger partial charge in [0.05, 0.1) is 0 Å². The van der Waals surface area contributed by atoms with Crippen LogP contribution in [0.2, 0.25) is 0 Å². The van der Waals surface area contributed by atoms with Gasteiger partial charge in [-0.15, -0.1) is 0 Å². The number of rotatable bonds is 8. The summed E-state index contributed by atoms with van der Waals surface area (Å²) in [7, 11) is 0. The van der Waals surface area contributed by atoms with Gasteiger partial charge in [-0.1, -0.05) is 75.4 Å². The number of aliphatic hydroxyl groups is 1. The fraction of sp³-hybridized carbons (Fsp3) is 0.375. The van der Waals surface area contributed by atoms with Crippen LogP contribution >= 0.6 is 0 Å². The number of aryl methyl sites for hydroxylation is 3. The average Bonchev–Trinajstić information content (AvgIpc) is 2.87. The van der Waals surface area contributed by atoms with Gasteiger partial charge in [0.2, 0.25) is 0 Å². The van der Waals surface area contributed by atoms with Crippen LogP contribution < -0.4 is 0 Å². The second-order valence-corrected chi connectivity index (χ2v) is 10.1. The van der Waals surface area contributed by atoms with Crippen LogP contribution in [-0.2, 0) is 11.8 Å². The van der Waals surface area contributed by atoms with Gasteiger partial charge in [0.15, 0.2) is 0 Å². The molecule has 3 aromatic rings. The Morgan fingerprint density at radius 2 is 1.27 bits per heavy atom. The zero-order valence-electron chi connectivity index (χ0n) is 23.1. The smallest absolute Gasteiger partial charge is 0.370 e. The molecule has 216 valence electrons. The van der Waals surface area contributed by atoms with Crippen molar-refractivity contribution >= 4 is 6.08 Å². The highest BCUT2D eigenvalue weighted by Crippen LogP contribution is 2.45. The Bertz CT molecular complexity index is 1360. The molecule has 0 heterocycles. The predicted molar refractivity (Wildman–Crippen MR) is 145 cm³/mol. The summed E-state index contributed by atoms with van der Waals surface area (Å²) in [5.41, 5.74) is 0.258. The van der Waals surface area contributed by atoms with Gasteiger partial charge < -0.3 is 5.11 Å². The third kappa shape index (κ3) is 5.69. The lowest BCUT2D eigenvalue weighted by Gasteiger charge is -2.34. The van der Waals surface area contributed by atoms with Crippen molar-refractivity contribution in [3.8, 4) is 11.1 Å². The van der Waals surface area contributed by atoms with E-state index in [-0.39, 0.29) is 17.5 Å². The summed E-state index contributed by atoms with van der Waals surface area (Å²) >= 11 is 0. The SMILES string of the molecule is CCc1ccc(-c2ccc(C(CC)(CC)c3ccc(C=CC(O)(C(F)(F)F)C(F)(F)F)c(C)c3)cc2C)cc1F. The first-order valence-corrected chi connectivity index (χ1v) is 13.1. The quantitative estimate of drug-likeness (QED) is 0.269. The molecule has 3 aromatic carbocycles. The highest BCUT2D eigenvalue weighted by atomic mass is 19.4. The van der Waals surface area contributed by atoms with Crippen LogP contribution in [-0.4, -0.2) is 23.1 Å². The molecule has 0 aliphatic rings. The first-order chi connectivity index (χ1) is 18.5. The summed E-state index contributed by atoms with van der Waals surface area (Å²) in [5, 5.41) is 9.46. The molecular formula is C32H33F7O. The minimum Gasteiger partial charge on any atom is -0.370 e. The van der Waals surface area contributed by atoms with Gasteiger partial charge in [-0.3, -0.25) is 0 Å². The maximum atomic E-state index is 14.4. The molecule has 0 atom stereocenters. The van der Waals surface area contributed by atoms with Crippen LogP contribution in [0.25, 0.3) is 17.2 Å². The Labute approximate surface area is 230 Å². The number of halogens is 7. The largest absolute Gasteiger partial charge is 0.430 e. The molecule has 0 saturated heterocycles. The Hall–Kier alpha value is -3.13. The summed E-state index contributed by atoms with van der Waals surface area (Å²) in [4.78, 5) is 0. The molecule has 0 aromatic heterocycles. The molecule has 0 spiro atoms. The molecule has 1 N–H and O–H groups in total. The number of hydrogen-bond acceptors (Lipinski definition) is 1. The number of benzene rings is 3. The van der Waals surface area contributed by atoms with Crippen molar-refractivity contribution in [3.63, 3.8) is 0 Å². The Balaban J connectivity index is 2.03. The van der Waals surface area contributed by atoms with Gasteiger partial charge in [0.1, 0.15) is 5.82 Å². The normalized spacial score (nSPS) is 13.3. The molecule has 3 rings (SSSR count). The molecular weight excluding hydrogens is 533 g/mol. The van der Waals surface area contributed by atoms with E-state index in [4.69, 9.17) is 0 Å². The van der Waals surface area contributed by atoms with E-state index in [1.165, 1.54) is 12.1 Å². The Morgan fingerprint density at radius 3 is 1.73 bits per heavy atom. The van der Waals surface area contributed by atoms with E-state index in [0.29, 0.717) is 36.5 Å². The molecule has 1 nitrogen and oxygen atoms in total. The maximum Gasteiger partial charge on any atom is 0.430 e. The molecule has 0 aliphatic heterocycles. The van der Waals surface area contributed by atoms with Crippen LogP contribution in [0.3, 0.4) is 0 Å². The van der Waals surface area contributed by atoms with Gasteiger partial charge in [0, 0.05) is 5.41 Å². The van der Waals surface area contributed by atoms with Crippen LogP contribution in [0.15, 0.2) is 60.7 Å². The number of alkyl halides is 6. The zero-order valence-corrected chi connectivity index (χ0v) is 23.1. The van der Waals surface area contributed by atoms with E-state index in [0.717, 1.165) is 27.8 Å². The molecule has 0 amide bonds. The highest BCUT2D eigenvalue weighted by molar-refractivity contribution is 5.69. The van der Waals surface area contributed by atoms with Gasteiger partial charge in [-0.2, -0.15) is 26.3 Å². The molecule has 0 bridgehead atoms. The molecule has 0 aliphatic carbocycles.